The average molecular weight is 223 g/mol. The molecule has 0 aliphatic heterocycles. The van der Waals surface area contributed by atoms with Crippen molar-refractivity contribution >= 4 is 23.2 Å². The number of carbonyl (C=O) groups is 2. The molecule has 0 amide bonds. The molecule has 4 heteroatoms. The third-order valence-corrected chi connectivity index (χ3v) is 2.51. The van der Waals surface area contributed by atoms with Crippen LogP contribution in [0.2, 0.25) is 0 Å². The highest BCUT2D eigenvalue weighted by molar-refractivity contribution is 6.49. The molecular weight excluding hydrogens is 216 g/mol. The van der Waals surface area contributed by atoms with Crippen molar-refractivity contribution in [3.8, 4) is 5.75 Å². The van der Waals surface area contributed by atoms with E-state index in [4.69, 9.17) is 11.6 Å². The van der Waals surface area contributed by atoms with Crippen LogP contribution in [0.4, 0.5) is 0 Å². The predicted octanol–water partition coefficient (Wildman–Crippen LogP) is 2.20. The van der Waals surface area contributed by atoms with E-state index in [-0.39, 0.29) is 21.9 Å². The molecule has 1 aromatic carbocycles. The second-order valence-electron chi connectivity index (χ2n) is 3.39. The quantitative estimate of drug-likeness (QED) is 0.732. The standard InChI is InChI=1S/C11H7ClO3/c1-5-2-6-10(8(13)3-5)9(14)4-7(12)11(6)15/h2-4,13H,1H3. The van der Waals surface area contributed by atoms with Crippen molar-refractivity contribution in [2.75, 3.05) is 0 Å². The van der Waals surface area contributed by atoms with Crippen molar-refractivity contribution in [3.05, 3.63) is 39.9 Å². The van der Waals surface area contributed by atoms with Gasteiger partial charge in [-0.1, -0.05) is 11.6 Å². The van der Waals surface area contributed by atoms with Gasteiger partial charge in [0.2, 0.25) is 5.78 Å². The molecule has 1 aliphatic rings. The third-order valence-electron chi connectivity index (χ3n) is 2.23. The maximum Gasteiger partial charge on any atom is 0.205 e. The Balaban J connectivity index is 2.78. The van der Waals surface area contributed by atoms with Crippen molar-refractivity contribution in [1.29, 1.82) is 0 Å². The molecule has 0 spiro atoms. The molecule has 1 N–H and O–H groups in total. The zero-order valence-corrected chi connectivity index (χ0v) is 8.63. The number of hydrogen-bond donors (Lipinski definition) is 1. The van der Waals surface area contributed by atoms with Gasteiger partial charge in [0.15, 0.2) is 5.78 Å². The number of aryl methyl sites for hydroxylation is 1. The van der Waals surface area contributed by atoms with E-state index >= 15 is 0 Å². The molecule has 15 heavy (non-hydrogen) atoms. The molecule has 3 nitrogen and oxygen atoms in total. The van der Waals surface area contributed by atoms with Crippen LogP contribution < -0.4 is 0 Å². The Kier molecular flexibility index (Phi) is 2.12. The molecular formula is C11H7ClO3. The van der Waals surface area contributed by atoms with Crippen LogP contribution >= 0.6 is 11.6 Å². The lowest BCUT2D eigenvalue weighted by Crippen LogP contribution is -2.14. The summed E-state index contributed by atoms with van der Waals surface area (Å²) in [4.78, 5) is 23.1. The first-order valence-corrected chi connectivity index (χ1v) is 4.68. The van der Waals surface area contributed by atoms with E-state index in [0.29, 0.717) is 5.56 Å². The fourth-order valence-corrected chi connectivity index (χ4v) is 1.79. The summed E-state index contributed by atoms with van der Waals surface area (Å²) in [5, 5.41) is 9.45. The molecule has 0 radical (unpaired) electrons. The summed E-state index contributed by atoms with van der Waals surface area (Å²) in [5.41, 5.74) is 0.916. The van der Waals surface area contributed by atoms with E-state index in [1.165, 1.54) is 6.07 Å². The van der Waals surface area contributed by atoms with Crippen molar-refractivity contribution in [3.63, 3.8) is 0 Å². The van der Waals surface area contributed by atoms with Crippen LogP contribution in [0.5, 0.6) is 5.75 Å². The van der Waals surface area contributed by atoms with E-state index in [1.807, 2.05) is 0 Å². The van der Waals surface area contributed by atoms with E-state index in [9.17, 15) is 14.7 Å². The van der Waals surface area contributed by atoms with Gasteiger partial charge in [0.25, 0.3) is 0 Å². The zero-order chi connectivity index (χ0) is 11.2. The fourth-order valence-electron chi connectivity index (χ4n) is 1.59. The second-order valence-corrected chi connectivity index (χ2v) is 3.80. The number of carbonyl (C=O) groups excluding carboxylic acids is 2. The summed E-state index contributed by atoms with van der Waals surface area (Å²) in [5.74, 6) is -1.04. The van der Waals surface area contributed by atoms with Gasteiger partial charge >= 0.3 is 0 Å². The van der Waals surface area contributed by atoms with Gasteiger partial charge in [-0.3, -0.25) is 9.59 Å². The number of phenolic OH excluding ortho intramolecular Hbond substituents is 1. The third kappa shape index (κ3) is 1.45. The SMILES string of the molecule is Cc1cc(O)c2c(c1)C(=O)C(Cl)=CC2=O. The fraction of sp³-hybridized carbons (Fsp3) is 0.0909. The molecule has 0 fully saturated rings. The van der Waals surface area contributed by atoms with Crippen LogP contribution in [-0.4, -0.2) is 16.7 Å². The number of Topliss-reactive ketones (excluding diaryl/α,β-unsaturated/α-hetero) is 1. The predicted molar refractivity (Wildman–Crippen MR) is 55.4 cm³/mol. The number of ketones is 2. The number of hydrogen-bond acceptors (Lipinski definition) is 3. The summed E-state index contributed by atoms with van der Waals surface area (Å²) in [6.07, 6.45) is 1.03. The van der Waals surface area contributed by atoms with Crippen molar-refractivity contribution < 1.29 is 14.7 Å². The Morgan fingerprint density at radius 1 is 1.27 bits per heavy atom. The number of phenols is 1. The minimum absolute atomic E-state index is 0.0370. The highest BCUT2D eigenvalue weighted by atomic mass is 35.5. The molecule has 0 unspecified atom stereocenters. The van der Waals surface area contributed by atoms with Gasteiger partial charge in [-0.05, 0) is 24.6 Å². The molecule has 0 bridgehead atoms. The van der Waals surface area contributed by atoms with Gasteiger partial charge < -0.3 is 5.11 Å². The van der Waals surface area contributed by atoms with Crippen molar-refractivity contribution in [2.45, 2.75) is 6.92 Å². The molecule has 1 aromatic rings. The zero-order valence-electron chi connectivity index (χ0n) is 7.87. The Bertz CT molecular complexity index is 515. The van der Waals surface area contributed by atoms with E-state index < -0.39 is 11.6 Å². The Morgan fingerprint density at radius 3 is 2.60 bits per heavy atom. The largest absolute Gasteiger partial charge is 0.507 e. The lowest BCUT2D eigenvalue weighted by atomic mass is 9.92. The number of halogens is 1. The lowest BCUT2D eigenvalue weighted by Gasteiger charge is -2.13. The van der Waals surface area contributed by atoms with Crippen molar-refractivity contribution in [1.82, 2.24) is 0 Å². The first-order valence-electron chi connectivity index (χ1n) is 4.30. The smallest absolute Gasteiger partial charge is 0.205 e. The normalized spacial score (nSPS) is 14.9. The van der Waals surface area contributed by atoms with E-state index in [0.717, 1.165) is 6.08 Å². The lowest BCUT2D eigenvalue weighted by molar-refractivity contribution is 0.0988. The van der Waals surface area contributed by atoms with Gasteiger partial charge in [0, 0.05) is 11.6 Å². The molecule has 2 rings (SSSR count). The highest BCUT2D eigenvalue weighted by Gasteiger charge is 2.27. The van der Waals surface area contributed by atoms with Crippen LogP contribution in [0.1, 0.15) is 26.3 Å². The minimum atomic E-state index is -0.438. The maximum absolute atomic E-state index is 11.6. The van der Waals surface area contributed by atoms with E-state index in [1.54, 1.807) is 13.0 Å². The molecule has 0 saturated heterocycles. The average Bonchev–Trinajstić information content (AvgIpc) is 2.12. The van der Waals surface area contributed by atoms with Crippen LogP contribution in [0.25, 0.3) is 0 Å². The monoisotopic (exact) mass is 222 g/mol. The Labute approximate surface area is 91.0 Å². The topological polar surface area (TPSA) is 54.4 Å². The molecule has 0 saturated carbocycles. The summed E-state index contributed by atoms with van der Waals surface area (Å²) in [6.45, 7) is 1.73. The highest BCUT2D eigenvalue weighted by Crippen LogP contribution is 2.30. The van der Waals surface area contributed by atoms with Crippen LogP contribution in [0, 0.1) is 6.92 Å². The van der Waals surface area contributed by atoms with Crippen LogP contribution in [0.15, 0.2) is 23.2 Å². The van der Waals surface area contributed by atoms with Crippen molar-refractivity contribution in [2.24, 2.45) is 0 Å². The van der Waals surface area contributed by atoms with Crippen LogP contribution in [0.3, 0.4) is 0 Å². The maximum atomic E-state index is 11.6. The first kappa shape index (κ1) is 9.93. The summed E-state index contributed by atoms with van der Waals surface area (Å²) >= 11 is 5.60. The van der Waals surface area contributed by atoms with Gasteiger partial charge in [0.1, 0.15) is 5.75 Å². The summed E-state index contributed by atoms with van der Waals surface area (Å²) in [7, 11) is 0. The van der Waals surface area contributed by atoms with Gasteiger partial charge in [-0.25, -0.2) is 0 Å². The molecule has 0 atom stereocenters. The number of rotatable bonds is 0. The van der Waals surface area contributed by atoms with E-state index in [2.05, 4.69) is 0 Å². The molecule has 1 aliphatic carbocycles. The molecule has 0 aromatic heterocycles. The van der Waals surface area contributed by atoms with Gasteiger partial charge in [-0.2, -0.15) is 0 Å². The number of benzene rings is 1. The number of fused-ring (bicyclic) bond motifs is 1. The van der Waals surface area contributed by atoms with Crippen LogP contribution in [-0.2, 0) is 0 Å². The molecule has 0 heterocycles. The Hall–Kier alpha value is -1.61. The summed E-state index contributed by atoms with van der Waals surface area (Å²) < 4.78 is 0. The minimum Gasteiger partial charge on any atom is -0.507 e. The van der Waals surface area contributed by atoms with Gasteiger partial charge in [-0.15, -0.1) is 0 Å². The first-order chi connectivity index (χ1) is 7.00. The number of aromatic hydroxyl groups is 1. The Morgan fingerprint density at radius 2 is 1.93 bits per heavy atom. The second kappa shape index (κ2) is 3.21. The summed E-state index contributed by atoms with van der Waals surface area (Å²) in [6, 6.07) is 2.99. The number of allylic oxidation sites excluding steroid dienone is 2. The van der Waals surface area contributed by atoms with Gasteiger partial charge in [0.05, 0.1) is 10.6 Å². The molecule has 76 valence electrons.